The summed E-state index contributed by atoms with van der Waals surface area (Å²) in [4.78, 5) is 3.93. The molecule has 0 unspecified atom stereocenters. The van der Waals surface area contributed by atoms with Gasteiger partial charge in [0, 0.05) is 11.0 Å². The number of halogens is 2. The van der Waals surface area contributed by atoms with Crippen LogP contribution in [0.5, 0.6) is 5.75 Å². The molecule has 0 saturated carbocycles. The van der Waals surface area contributed by atoms with Crippen LogP contribution in [0.2, 0.25) is 0 Å². The van der Waals surface area contributed by atoms with Crippen LogP contribution in [0.1, 0.15) is 12.0 Å². The highest BCUT2D eigenvalue weighted by atomic mass is 127. The Bertz CT molecular complexity index is 381. The molecule has 0 fully saturated rings. The topological polar surface area (TPSA) is 73.6 Å². The second kappa shape index (κ2) is 8.57. The summed E-state index contributed by atoms with van der Waals surface area (Å²) in [6.45, 7) is 0.640. The quantitative estimate of drug-likeness (QED) is 0.336. The first-order chi connectivity index (χ1) is 7.63. The zero-order chi connectivity index (χ0) is 12.0. The molecule has 4 N–H and O–H groups in total. The number of benzene rings is 1. The third-order valence-corrected chi connectivity index (χ3v) is 2.64. The number of nitrogens with two attached hydrogens (primary N) is 2. The molecule has 0 saturated heterocycles. The number of hydrogen-bond acceptors (Lipinski definition) is 2. The van der Waals surface area contributed by atoms with Gasteiger partial charge in [-0.2, -0.15) is 0 Å². The molecule has 1 rings (SSSR count). The van der Waals surface area contributed by atoms with E-state index >= 15 is 0 Å². The number of ether oxygens (including phenoxy) is 1. The van der Waals surface area contributed by atoms with E-state index in [0.717, 1.165) is 28.6 Å². The summed E-state index contributed by atoms with van der Waals surface area (Å²) in [5, 5.41) is 0. The lowest BCUT2D eigenvalue weighted by atomic mass is 10.1. The third-order valence-electron chi connectivity index (χ3n) is 2.15. The maximum atomic E-state index is 5.29. The summed E-state index contributed by atoms with van der Waals surface area (Å²) in [5.74, 6) is 1.03. The summed E-state index contributed by atoms with van der Waals surface area (Å²) in [6.07, 6.45) is 1.79. The molecule has 0 aliphatic rings. The number of aryl methyl sites for hydroxylation is 1. The van der Waals surface area contributed by atoms with Gasteiger partial charge in [0.2, 0.25) is 0 Å². The van der Waals surface area contributed by atoms with E-state index < -0.39 is 0 Å². The molecular weight excluding hydrogens is 397 g/mol. The Morgan fingerprint density at radius 3 is 2.71 bits per heavy atom. The smallest absolute Gasteiger partial charge is 0.185 e. The summed E-state index contributed by atoms with van der Waals surface area (Å²) in [5.41, 5.74) is 11.7. The first-order valence-corrected chi connectivity index (χ1v) is 5.80. The van der Waals surface area contributed by atoms with Crippen LogP contribution in [0.15, 0.2) is 27.7 Å². The van der Waals surface area contributed by atoms with Crippen LogP contribution < -0.4 is 16.2 Å². The van der Waals surface area contributed by atoms with Gasteiger partial charge in [-0.3, -0.25) is 4.99 Å². The van der Waals surface area contributed by atoms with E-state index in [1.54, 1.807) is 7.11 Å². The van der Waals surface area contributed by atoms with Crippen LogP contribution in [0.4, 0.5) is 0 Å². The van der Waals surface area contributed by atoms with Gasteiger partial charge in [-0.25, -0.2) is 0 Å². The van der Waals surface area contributed by atoms with Crippen LogP contribution in [-0.2, 0) is 6.42 Å². The maximum absolute atomic E-state index is 5.29. The fraction of sp³-hybridized carbons (Fsp3) is 0.364. The Morgan fingerprint density at radius 2 is 2.12 bits per heavy atom. The molecule has 1 aromatic carbocycles. The molecule has 6 heteroatoms. The van der Waals surface area contributed by atoms with E-state index in [4.69, 9.17) is 16.2 Å². The second-order valence-electron chi connectivity index (χ2n) is 3.37. The minimum Gasteiger partial charge on any atom is -0.496 e. The maximum Gasteiger partial charge on any atom is 0.185 e. The Balaban J connectivity index is 0.00000256. The molecule has 0 aromatic heterocycles. The van der Waals surface area contributed by atoms with Gasteiger partial charge in [-0.1, -0.05) is 22.0 Å². The van der Waals surface area contributed by atoms with E-state index in [-0.39, 0.29) is 29.9 Å². The Kier molecular flexibility index (Phi) is 8.32. The molecule has 17 heavy (non-hydrogen) atoms. The number of hydrogen-bond donors (Lipinski definition) is 2. The van der Waals surface area contributed by atoms with Crippen molar-refractivity contribution in [3.05, 3.63) is 28.2 Å². The molecule has 4 nitrogen and oxygen atoms in total. The van der Waals surface area contributed by atoms with Gasteiger partial charge in [-0.15, -0.1) is 24.0 Å². The highest BCUT2D eigenvalue weighted by Gasteiger charge is 2.02. The summed E-state index contributed by atoms with van der Waals surface area (Å²) >= 11 is 3.40. The summed E-state index contributed by atoms with van der Waals surface area (Å²) < 4.78 is 6.30. The molecule has 0 bridgehead atoms. The largest absolute Gasteiger partial charge is 0.496 e. The number of guanidine groups is 1. The highest BCUT2D eigenvalue weighted by Crippen LogP contribution is 2.24. The molecule has 96 valence electrons. The average molecular weight is 414 g/mol. The van der Waals surface area contributed by atoms with Crippen LogP contribution >= 0.6 is 39.9 Å². The zero-order valence-corrected chi connectivity index (χ0v) is 13.6. The molecule has 1 aromatic rings. The van der Waals surface area contributed by atoms with Crippen molar-refractivity contribution in [2.45, 2.75) is 12.8 Å². The first kappa shape index (κ1) is 16.5. The lowest BCUT2D eigenvalue weighted by Crippen LogP contribution is -2.23. The second-order valence-corrected chi connectivity index (χ2v) is 4.28. The van der Waals surface area contributed by atoms with Gasteiger partial charge >= 0.3 is 0 Å². The van der Waals surface area contributed by atoms with Gasteiger partial charge in [0.25, 0.3) is 0 Å². The van der Waals surface area contributed by atoms with E-state index in [2.05, 4.69) is 20.9 Å². The Labute approximate surface area is 127 Å². The van der Waals surface area contributed by atoms with Crippen molar-refractivity contribution in [2.24, 2.45) is 16.5 Å². The van der Waals surface area contributed by atoms with Gasteiger partial charge in [-0.05, 0) is 30.5 Å². The monoisotopic (exact) mass is 413 g/mol. The summed E-state index contributed by atoms with van der Waals surface area (Å²) in [7, 11) is 1.67. The molecular formula is C11H17BrIN3O. The van der Waals surface area contributed by atoms with Gasteiger partial charge in [0.1, 0.15) is 5.75 Å². The van der Waals surface area contributed by atoms with E-state index in [0.29, 0.717) is 6.54 Å². The van der Waals surface area contributed by atoms with Crippen molar-refractivity contribution in [1.82, 2.24) is 0 Å². The van der Waals surface area contributed by atoms with Crippen LogP contribution in [0, 0.1) is 0 Å². The van der Waals surface area contributed by atoms with Gasteiger partial charge in [0.15, 0.2) is 5.96 Å². The fourth-order valence-electron chi connectivity index (χ4n) is 1.40. The Hall–Kier alpha value is -0.500. The predicted molar refractivity (Wildman–Crippen MR) is 85.1 cm³/mol. The number of methoxy groups -OCH3 is 1. The van der Waals surface area contributed by atoms with Crippen LogP contribution in [0.3, 0.4) is 0 Å². The molecule has 0 heterocycles. The number of rotatable bonds is 5. The van der Waals surface area contributed by atoms with Crippen molar-refractivity contribution >= 4 is 45.9 Å². The standard InChI is InChI=1S/C11H16BrN3O.HI/c1-16-10-7-9(12)5-4-8(10)3-2-6-15-11(13)14;/h4-5,7H,2-3,6H2,1H3,(H4,13,14,15);1H. The molecule has 0 spiro atoms. The first-order valence-electron chi connectivity index (χ1n) is 5.01. The zero-order valence-electron chi connectivity index (χ0n) is 9.65. The molecule has 0 radical (unpaired) electrons. The van der Waals surface area contributed by atoms with Crippen LogP contribution in [-0.4, -0.2) is 19.6 Å². The van der Waals surface area contributed by atoms with Crippen molar-refractivity contribution in [1.29, 1.82) is 0 Å². The van der Waals surface area contributed by atoms with Crippen molar-refractivity contribution in [2.75, 3.05) is 13.7 Å². The third kappa shape index (κ3) is 6.11. The fourth-order valence-corrected chi connectivity index (χ4v) is 1.74. The number of nitrogens with zero attached hydrogens (tertiary/aromatic N) is 1. The molecule has 0 aliphatic heterocycles. The van der Waals surface area contributed by atoms with Gasteiger partial charge in [0.05, 0.1) is 7.11 Å². The minimum atomic E-state index is 0. The highest BCUT2D eigenvalue weighted by molar-refractivity contribution is 14.0. The predicted octanol–water partition coefficient (Wildman–Crippen LogP) is 2.28. The normalized spacial score (nSPS) is 9.29. The SMILES string of the molecule is COc1cc(Br)ccc1CCCN=C(N)N.I. The molecule has 0 atom stereocenters. The van der Waals surface area contributed by atoms with Gasteiger partial charge < -0.3 is 16.2 Å². The van der Waals surface area contributed by atoms with E-state index in [9.17, 15) is 0 Å². The van der Waals surface area contributed by atoms with E-state index in [1.807, 2.05) is 18.2 Å². The lowest BCUT2D eigenvalue weighted by Gasteiger charge is -2.08. The minimum absolute atomic E-state index is 0. The van der Waals surface area contributed by atoms with Crippen molar-refractivity contribution in [3.8, 4) is 5.75 Å². The van der Waals surface area contributed by atoms with Crippen molar-refractivity contribution in [3.63, 3.8) is 0 Å². The van der Waals surface area contributed by atoms with Crippen molar-refractivity contribution < 1.29 is 4.74 Å². The molecule has 0 aliphatic carbocycles. The number of aliphatic imine (C=N–C) groups is 1. The van der Waals surface area contributed by atoms with Crippen LogP contribution in [0.25, 0.3) is 0 Å². The van der Waals surface area contributed by atoms with E-state index in [1.165, 1.54) is 0 Å². The Morgan fingerprint density at radius 1 is 1.41 bits per heavy atom. The summed E-state index contributed by atoms with van der Waals surface area (Å²) in [6, 6.07) is 5.99. The lowest BCUT2D eigenvalue weighted by molar-refractivity contribution is 0.409. The average Bonchev–Trinajstić information content (AvgIpc) is 2.25. The molecule has 0 amide bonds.